The van der Waals surface area contributed by atoms with Gasteiger partial charge in [0.25, 0.3) is 0 Å². The van der Waals surface area contributed by atoms with Crippen LogP contribution in [0.3, 0.4) is 0 Å². The molecule has 2 unspecified atom stereocenters. The van der Waals surface area contributed by atoms with Gasteiger partial charge < -0.3 is 20.3 Å². The fourth-order valence-electron chi connectivity index (χ4n) is 7.83. The van der Waals surface area contributed by atoms with Gasteiger partial charge in [0.1, 0.15) is 29.9 Å². The van der Waals surface area contributed by atoms with Crippen molar-refractivity contribution in [2.75, 3.05) is 43.4 Å². The number of thiazole rings is 1. The maximum absolute atomic E-state index is 16.8. The quantitative estimate of drug-likeness (QED) is 0.287. The molecular weight excluding hydrogens is 615 g/mol. The summed E-state index contributed by atoms with van der Waals surface area (Å²) < 4.78 is 52.2. The van der Waals surface area contributed by atoms with E-state index < -0.39 is 23.3 Å². The molecule has 0 spiro atoms. The van der Waals surface area contributed by atoms with Crippen LogP contribution < -0.4 is 15.4 Å². The van der Waals surface area contributed by atoms with Crippen LogP contribution in [0.4, 0.5) is 24.1 Å². The highest BCUT2D eigenvalue weighted by molar-refractivity contribution is 7.22. The number of rotatable bonds is 6. The van der Waals surface area contributed by atoms with E-state index in [1.807, 2.05) is 9.80 Å². The second-order valence-electron chi connectivity index (χ2n) is 12.3. The van der Waals surface area contributed by atoms with Gasteiger partial charge in [-0.05, 0) is 50.4 Å². The molecule has 9 nitrogen and oxygen atoms in total. The van der Waals surface area contributed by atoms with Gasteiger partial charge >= 0.3 is 6.01 Å². The van der Waals surface area contributed by atoms with Crippen molar-refractivity contribution in [2.45, 2.75) is 55.9 Å². The predicted molar refractivity (Wildman–Crippen MR) is 163 cm³/mol. The van der Waals surface area contributed by atoms with Gasteiger partial charge in [-0.2, -0.15) is 9.97 Å². The summed E-state index contributed by atoms with van der Waals surface area (Å²) in [6.45, 7) is 2.39. The zero-order chi connectivity index (χ0) is 30.3. The molecule has 4 aromatic rings. The smallest absolute Gasteiger partial charge is 0.319 e. The lowest BCUT2D eigenvalue weighted by Crippen LogP contribution is -2.53. The Labute approximate surface area is 259 Å². The molecule has 4 aliphatic heterocycles. The van der Waals surface area contributed by atoms with Crippen molar-refractivity contribution >= 4 is 61.4 Å². The standard InChI is InChI=1S/C30H29ClF3N7O2S/c31-20-8-19-24(23(34)22(20)18-4-5-21(33)26-25(18)36-28(35)44-26)37-29(43-13-30-6-1-7-40(30)10-15(32)9-30)38-27(19)39-11-16-2-3-17(12-39)41(16)14-42/h4-5,8,14-17H,1-3,6-7,9-13H2,(H2,35,36)/t15-,16?,17?,30+/m1/s1. The lowest BCUT2D eigenvalue weighted by atomic mass is 9.95. The van der Waals surface area contributed by atoms with Gasteiger partial charge in [0.15, 0.2) is 10.9 Å². The van der Waals surface area contributed by atoms with Crippen LogP contribution in [0.15, 0.2) is 18.2 Å². The molecule has 2 bridgehead atoms. The molecule has 44 heavy (non-hydrogen) atoms. The zero-order valence-electron chi connectivity index (χ0n) is 23.6. The number of nitrogen functional groups attached to an aromatic ring is 1. The Kier molecular flexibility index (Phi) is 6.58. The second-order valence-corrected chi connectivity index (χ2v) is 13.7. The summed E-state index contributed by atoms with van der Waals surface area (Å²) in [5, 5.41) is 0.628. The predicted octanol–water partition coefficient (Wildman–Crippen LogP) is 5.18. The Morgan fingerprint density at radius 1 is 1.14 bits per heavy atom. The topological polar surface area (TPSA) is 101 Å². The molecule has 2 N–H and O–H groups in total. The summed E-state index contributed by atoms with van der Waals surface area (Å²) in [6.07, 6.45) is 3.83. The van der Waals surface area contributed by atoms with Gasteiger partial charge in [0, 0.05) is 54.7 Å². The fraction of sp³-hybridized carbons (Fsp3) is 0.467. The van der Waals surface area contributed by atoms with Crippen LogP contribution in [0.5, 0.6) is 6.01 Å². The van der Waals surface area contributed by atoms with Gasteiger partial charge in [-0.15, -0.1) is 0 Å². The molecule has 230 valence electrons. The molecule has 0 radical (unpaired) electrons. The second kappa shape index (κ2) is 10.3. The number of hydrogen-bond donors (Lipinski definition) is 1. The number of anilines is 2. The minimum atomic E-state index is -0.925. The maximum Gasteiger partial charge on any atom is 0.319 e. The monoisotopic (exact) mass is 643 g/mol. The Bertz CT molecular complexity index is 1810. The number of piperazine rings is 1. The van der Waals surface area contributed by atoms with E-state index >= 15 is 4.39 Å². The molecule has 0 saturated carbocycles. The van der Waals surface area contributed by atoms with Crippen LogP contribution in [-0.4, -0.2) is 87.7 Å². The number of aromatic nitrogens is 3. The van der Waals surface area contributed by atoms with Crippen LogP contribution in [0, 0.1) is 11.6 Å². The van der Waals surface area contributed by atoms with E-state index in [4.69, 9.17) is 27.1 Å². The van der Waals surface area contributed by atoms with Gasteiger partial charge in [-0.1, -0.05) is 22.9 Å². The van der Waals surface area contributed by atoms with Crippen molar-refractivity contribution in [2.24, 2.45) is 0 Å². The Morgan fingerprint density at radius 2 is 1.93 bits per heavy atom. The number of hydrogen-bond acceptors (Lipinski definition) is 9. The molecule has 4 aliphatic rings. The Balaban J connectivity index is 1.26. The number of halogens is 4. The highest BCUT2D eigenvalue weighted by Crippen LogP contribution is 2.44. The van der Waals surface area contributed by atoms with Gasteiger partial charge in [-0.25, -0.2) is 18.2 Å². The maximum atomic E-state index is 16.8. The van der Waals surface area contributed by atoms with Gasteiger partial charge in [0.05, 0.1) is 20.8 Å². The Hall–Kier alpha value is -3.42. The molecule has 4 atom stereocenters. The average molecular weight is 644 g/mol. The number of carbonyl (C=O) groups is 1. The third-order valence-corrected chi connectivity index (χ3v) is 11.0. The molecule has 4 fully saturated rings. The summed E-state index contributed by atoms with van der Waals surface area (Å²) in [7, 11) is 0. The van der Waals surface area contributed by atoms with Crippen LogP contribution in [0.2, 0.25) is 5.02 Å². The summed E-state index contributed by atoms with van der Waals surface area (Å²) >= 11 is 7.76. The highest BCUT2D eigenvalue weighted by atomic mass is 35.5. The van der Waals surface area contributed by atoms with E-state index in [-0.39, 0.29) is 56.2 Å². The first-order chi connectivity index (χ1) is 21.2. The lowest BCUT2D eigenvalue weighted by Gasteiger charge is -2.40. The lowest BCUT2D eigenvalue weighted by molar-refractivity contribution is -0.121. The number of nitrogens with zero attached hydrogens (tertiary/aromatic N) is 6. The number of carbonyl (C=O) groups excluding carboxylic acids is 1. The van der Waals surface area contributed by atoms with Crippen LogP contribution in [0.1, 0.15) is 32.1 Å². The minimum Gasteiger partial charge on any atom is -0.461 e. The summed E-state index contributed by atoms with van der Waals surface area (Å²) in [5.74, 6) is -0.778. The first-order valence-electron chi connectivity index (χ1n) is 14.8. The summed E-state index contributed by atoms with van der Waals surface area (Å²) in [5.41, 5.74) is 5.96. The first kappa shape index (κ1) is 28.1. The third kappa shape index (κ3) is 4.30. The van der Waals surface area contributed by atoms with E-state index in [1.165, 1.54) is 12.1 Å². The van der Waals surface area contributed by atoms with Crippen molar-refractivity contribution in [1.29, 1.82) is 0 Å². The molecule has 8 rings (SSSR count). The average Bonchev–Trinajstić information content (AvgIpc) is 3.72. The highest BCUT2D eigenvalue weighted by Gasteiger charge is 2.49. The third-order valence-electron chi connectivity index (χ3n) is 9.81. The molecule has 4 saturated heterocycles. The van der Waals surface area contributed by atoms with Gasteiger partial charge in [-0.3, -0.25) is 9.69 Å². The number of alkyl halides is 1. The largest absolute Gasteiger partial charge is 0.461 e. The number of fused-ring (bicyclic) bond motifs is 5. The zero-order valence-corrected chi connectivity index (χ0v) is 25.2. The molecule has 2 aromatic heterocycles. The Morgan fingerprint density at radius 3 is 2.70 bits per heavy atom. The molecular formula is C30H29ClF3N7O2S. The molecule has 0 aliphatic carbocycles. The van der Waals surface area contributed by atoms with Gasteiger partial charge in [0.2, 0.25) is 6.41 Å². The van der Waals surface area contributed by atoms with E-state index in [0.29, 0.717) is 42.8 Å². The normalized spacial score (nSPS) is 26.7. The minimum absolute atomic E-state index is 0.00811. The van der Waals surface area contributed by atoms with Crippen LogP contribution >= 0.6 is 22.9 Å². The SMILES string of the molecule is Nc1nc2c(-c3c(Cl)cc4c(N5CC6CCC(C5)N6C=O)nc(OC[C@@]56CCCN5C[C@H](F)C6)nc4c3F)ccc(F)c2s1. The van der Waals surface area contributed by atoms with Crippen molar-refractivity contribution in [3.63, 3.8) is 0 Å². The summed E-state index contributed by atoms with van der Waals surface area (Å²) in [4.78, 5) is 31.4. The number of amides is 1. The summed E-state index contributed by atoms with van der Waals surface area (Å²) in [6, 6.07) is 4.29. The number of ether oxygens (including phenoxy) is 1. The first-order valence-corrected chi connectivity index (χ1v) is 16.0. The van der Waals surface area contributed by atoms with Crippen LogP contribution in [0.25, 0.3) is 32.2 Å². The van der Waals surface area contributed by atoms with E-state index in [1.54, 1.807) is 6.07 Å². The van der Waals surface area contributed by atoms with Crippen LogP contribution in [-0.2, 0) is 4.79 Å². The molecule has 2 aromatic carbocycles. The van der Waals surface area contributed by atoms with Crippen molar-refractivity contribution in [3.8, 4) is 17.1 Å². The van der Waals surface area contributed by atoms with Crippen molar-refractivity contribution < 1.29 is 22.7 Å². The number of benzene rings is 2. The van der Waals surface area contributed by atoms with E-state index in [9.17, 15) is 13.6 Å². The fourth-order valence-corrected chi connectivity index (χ4v) is 8.89. The molecule has 14 heteroatoms. The van der Waals surface area contributed by atoms with Crippen molar-refractivity contribution in [3.05, 3.63) is 34.9 Å². The number of nitrogens with two attached hydrogens (primary N) is 1. The molecule has 1 amide bonds. The van der Waals surface area contributed by atoms with E-state index in [2.05, 4.69) is 14.9 Å². The van der Waals surface area contributed by atoms with Crippen molar-refractivity contribution in [1.82, 2.24) is 24.8 Å². The van der Waals surface area contributed by atoms with E-state index in [0.717, 1.165) is 50.0 Å². The molecule has 6 heterocycles.